The Bertz CT molecular complexity index is 1270. The van der Waals surface area contributed by atoms with Gasteiger partial charge in [0.2, 0.25) is 0 Å². The highest BCUT2D eigenvalue weighted by atomic mass is 35.5. The van der Waals surface area contributed by atoms with Gasteiger partial charge in [0.1, 0.15) is 23.2 Å². The van der Waals surface area contributed by atoms with Crippen molar-refractivity contribution in [2.24, 2.45) is 0 Å². The summed E-state index contributed by atoms with van der Waals surface area (Å²) in [7, 11) is 1.52. The largest absolute Gasteiger partial charge is 0.497 e. The lowest BCUT2D eigenvalue weighted by Crippen LogP contribution is -2.13. The van der Waals surface area contributed by atoms with Crippen LogP contribution < -0.4 is 19.5 Å². The molecule has 0 saturated carbocycles. The number of methoxy groups -OCH3 is 1. The summed E-state index contributed by atoms with van der Waals surface area (Å²) in [5, 5.41) is 15.7. The predicted octanol–water partition coefficient (Wildman–Crippen LogP) is 4.81. The van der Waals surface area contributed by atoms with E-state index in [1.807, 2.05) is 6.07 Å². The van der Waals surface area contributed by atoms with E-state index in [-0.39, 0.29) is 40.1 Å². The number of nitriles is 1. The number of nitrogens with one attached hydrogen (secondary N) is 1. The standard InChI is InChI=1S/C24H20ClN3O6/c1-4-32-20-12-15(10-17(13-26)23(29)27-21-9-14(2)34-28-21)11-19(25)22(20)33-24(30)16-5-7-18(31-3)8-6-16/h5-12H,4H2,1-3H3,(H,27,28,29)/b17-10-. The number of esters is 1. The van der Waals surface area contributed by atoms with Crippen molar-refractivity contribution in [1.82, 2.24) is 5.16 Å². The minimum absolute atomic E-state index is 0.0162. The quantitative estimate of drug-likeness (QED) is 0.210. The first-order valence-corrected chi connectivity index (χ1v) is 10.4. The van der Waals surface area contributed by atoms with E-state index in [1.54, 1.807) is 38.1 Å². The molecule has 3 aromatic rings. The van der Waals surface area contributed by atoms with Gasteiger partial charge in [-0.15, -0.1) is 0 Å². The molecule has 0 bridgehead atoms. The van der Waals surface area contributed by atoms with Crippen molar-refractivity contribution < 1.29 is 28.3 Å². The second kappa shape index (κ2) is 11.0. The number of nitrogens with zero attached hydrogens (tertiary/aromatic N) is 2. The second-order valence-corrected chi connectivity index (χ2v) is 7.23. The lowest BCUT2D eigenvalue weighted by atomic mass is 10.1. The van der Waals surface area contributed by atoms with E-state index in [4.69, 9.17) is 30.3 Å². The molecule has 0 atom stereocenters. The maximum absolute atomic E-state index is 12.6. The zero-order valence-electron chi connectivity index (χ0n) is 18.5. The van der Waals surface area contributed by atoms with Gasteiger partial charge in [0, 0.05) is 6.07 Å². The van der Waals surface area contributed by atoms with Crippen LogP contribution in [-0.2, 0) is 4.79 Å². The third kappa shape index (κ3) is 5.94. The fraction of sp³-hybridized carbons (Fsp3) is 0.167. The zero-order chi connectivity index (χ0) is 24.7. The van der Waals surface area contributed by atoms with Crippen molar-refractivity contribution in [2.75, 3.05) is 19.0 Å². The number of hydrogen-bond acceptors (Lipinski definition) is 8. The molecule has 3 rings (SSSR count). The predicted molar refractivity (Wildman–Crippen MR) is 124 cm³/mol. The minimum Gasteiger partial charge on any atom is -0.497 e. The number of aryl methyl sites for hydroxylation is 1. The third-order valence-electron chi connectivity index (χ3n) is 4.40. The fourth-order valence-corrected chi connectivity index (χ4v) is 3.09. The van der Waals surface area contributed by atoms with Crippen LogP contribution in [0, 0.1) is 18.3 Å². The van der Waals surface area contributed by atoms with Gasteiger partial charge in [0.05, 0.1) is 24.3 Å². The van der Waals surface area contributed by atoms with Gasteiger partial charge >= 0.3 is 5.97 Å². The molecule has 1 aromatic heterocycles. The van der Waals surface area contributed by atoms with Crippen LogP contribution >= 0.6 is 11.6 Å². The molecule has 0 aliphatic carbocycles. The van der Waals surface area contributed by atoms with E-state index in [2.05, 4.69) is 10.5 Å². The molecule has 0 fully saturated rings. The summed E-state index contributed by atoms with van der Waals surface area (Å²) in [5.74, 6) is 0.143. The number of hydrogen-bond donors (Lipinski definition) is 1. The highest BCUT2D eigenvalue weighted by Gasteiger charge is 2.19. The number of benzene rings is 2. The van der Waals surface area contributed by atoms with Crippen molar-refractivity contribution >= 4 is 35.4 Å². The molecule has 2 aromatic carbocycles. The monoisotopic (exact) mass is 481 g/mol. The first kappa shape index (κ1) is 24.4. The minimum atomic E-state index is -0.681. The third-order valence-corrected chi connectivity index (χ3v) is 4.68. The zero-order valence-corrected chi connectivity index (χ0v) is 19.3. The molecule has 174 valence electrons. The summed E-state index contributed by atoms with van der Waals surface area (Å²) in [6.07, 6.45) is 1.33. The van der Waals surface area contributed by atoms with Crippen molar-refractivity contribution in [3.05, 3.63) is 69.9 Å². The molecule has 0 aliphatic rings. The Labute approximate surface area is 200 Å². The molecule has 9 nitrogen and oxygen atoms in total. The van der Waals surface area contributed by atoms with Gasteiger partial charge in [0.25, 0.3) is 5.91 Å². The molecule has 34 heavy (non-hydrogen) atoms. The molecule has 0 aliphatic heterocycles. The van der Waals surface area contributed by atoms with Crippen LogP contribution in [0.15, 0.2) is 52.6 Å². The van der Waals surface area contributed by atoms with Crippen LogP contribution in [0.3, 0.4) is 0 Å². The van der Waals surface area contributed by atoms with Crippen LogP contribution in [-0.4, -0.2) is 30.7 Å². The van der Waals surface area contributed by atoms with Gasteiger partial charge < -0.3 is 24.1 Å². The van der Waals surface area contributed by atoms with Crippen LogP contribution in [0.4, 0.5) is 5.82 Å². The number of carbonyl (C=O) groups is 2. The molecular weight excluding hydrogens is 462 g/mol. The van der Waals surface area contributed by atoms with Crippen molar-refractivity contribution in [2.45, 2.75) is 13.8 Å². The first-order chi connectivity index (χ1) is 16.3. The summed E-state index contributed by atoms with van der Waals surface area (Å²) in [4.78, 5) is 25.0. The van der Waals surface area contributed by atoms with E-state index in [0.717, 1.165) is 0 Å². The van der Waals surface area contributed by atoms with Gasteiger partial charge in [-0.1, -0.05) is 16.8 Å². The number of anilines is 1. The normalized spacial score (nSPS) is 10.9. The Morgan fingerprint density at radius 3 is 2.56 bits per heavy atom. The molecule has 0 spiro atoms. The lowest BCUT2D eigenvalue weighted by Gasteiger charge is -2.13. The number of carbonyl (C=O) groups excluding carboxylic acids is 2. The Kier molecular flexibility index (Phi) is 7.90. The topological polar surface area (TPSA) is 124 Å². The Morgan fingerprint density at radius 2 is 1.97 bits per heavy atom. The average molecular weight is 482 g/mol. The van der Waals surface area contributed by atoms with Crippen LogP contribution in [0.1, 0.15) is 28.6 Å². The smallest absolute Gasteiger partial charge is 0.343 e. The van der Waals surface area contributed by atoms with Crippen molar-refractivity contribution in [3.8, 4) is 23.3 Å². The maximum atomic E-state index is 12.6. The molecule has 1 amide bonds. The number of ether oxygens (including phenoxy) is 3. The summed E-state index contributed by atoms with van der Waals surface area (Å²) in [5.41, 5.74) is 0.470. The number of amides is 1. The summed E-state index contributed by atoms with van der Waals surface area (Å²) in [6, 6.07) is 12.7. The number of aromatic nitrogens is 1. The van der Waals surface area contributed by atoms with Crippen LogP contribution in [0.2, 0.25) is 5.02 Å². The average Bonchev–Trinajstić information content (AvgIpc) is 3.24. The molecule has 1 N–H and O–H groups in total. The Hall–Kier alpha value is -4.29. The molecule has 0 saturated heterocycles. The lowest BCUT2D eigenvalue weighted by molar-refractivity contribution is -0.112. The van der Waals surface area contributed by atoms with Gasteiger partial charge in [-0.05, 0) is 61.9 Å². The second-order valence-electron chi connectivity index (χ2n) is 6.83. The van der Waals surface area contributed by atoms with E-state index in [1.165, 1.54) is 31.4 Å². The molecule has 0 radical (unpaired) electrons. The van der Waals surface area contributed by atoms with Gasteiger partial charge in [-0.2, -0.15) is 5.26 Å². The number of halogens is 1. The highest BCUT2D eigenvalue weighted by molar-refractivity contribution is 6.32. The number of rotatable bonds is 8. The SMILES string of the molecule is CCOc1cc(/C=C(/C#N)C(=O)Nc2cc(C)on2)cc(Cl)c1OC(=O)c1ccc(OC)cc1. The van der Waals surface area contributed by atoms with Gasteiger partial charge in [-0.3, -0.25) is 4.79 Å². The summed E-state index contributed by atoms with van der Waals surface area (Å²) < 4.78 is 21.1. The van der Waals surface area contributed by atoms with E-state index >= 15 is 0 Å². The van der Waals surface area contributed by atoms with E-state index < -0.39 is 11.9 Å². The Morgan fingerprint density at radius 1 is 1.24 bits per heavy atom. The van der Waals surface area contributed by atoms with Crippen molar-refractivity contribution in [3.63, 3.8) is 0 Å². The maximum Gasteiger partial charge on any atom is 0.343 e. The van der Waals surface area contributed by atoms with Gasteiger partial charge in [0.15, 0.2) is 17.3 Å². The highest BCUT2D eigenvalue weighted by Crippen LogP contribution is 2.38. The molecular formula is C24H20ClN3O6. The summed E-state index contributed by atoms with van der Waals surface area (Å²) in [6.45, 7) is 3.68. The van der Waals surface area contributed by atoms with Crippen LogP contribution in [0.5, 0.6) is 17.2 Å². The van der Waals surface area contributed by atoms with Crippen LogP contribution in [0.25, 0.3) is 6.08 Å². The van der Waals surface area contributed by atoms with Gasteiger partial charge in [-0.25, -0.2) is 4.79 Å². The molecule has 0 unspecified atom stereocenters. The molecule has 10 heteroatoms. The van der Waals surface area contributed by atoms with E-state index in [0.29, 0.717) is 17.1 Å². The first-order valence-electron chi connectivity index (χ1n) is 10.0. The van der Waals surface area contributed by atoms with Crippen molar-refractivity contribution in [1.29, 1.82) is 5.26 Å². The molecule has 1 heterocycles. The fourth-order valence-electron chi connectivity index (χ4n) is 2.84. The van der Waals surface area contributed by atoms with E-state index in [9.17, 15) is 14.9 Å². The Balaban J connectivity index is 1.87. The summed E-state index contributed by atoms with van der Waals surface area (Å²) >= 11 is 6.38.